The molecule has 1 aliphatic heterocycles. The van der Waals surface area contributed by atoms with Crippen LogP contribution in [0.4, 0.5) is 0 Å². The zero-order chi connectivity index (χ0) is 11.7. The van der Waals surface area contributed by atoms with Crippen LogP contribution in [0.15, 0.2) is 18.2 Å². The minimum Gasteiger partial charge on any atom is -0.479 e. The average Bonchev–Trinajstić information content (AvgIpc) is 2.66. The van der Waals surface area contributed by atoms with E-state index in [0.29, 0.717) is 15.8 Å². The van der Waals surface area contributed by atoms with Gasteiger partial charge in [0.05, 0.1) is 0 Å². The molecule has 0 spiro atoms. The van der Waals surface area contributed by atoms with Crippen molar-refractivity contribution in [3.8, 4) is 0 Å². The number of benzene rings is 1. The zero-order valence-electron chi connectivity index (χ0n) is 8.11. The van der Waals surface area contributed by atoms with E-state index in [-0.39, 0.29) is 6.04 Å². The van der Waals surface area contributed by atoms with Crippen LogP contribution < -0.4 is 5.32 Å². The molecule has 1 aromatic rings. The summed E-state index contributed by atoms with van der Waals surface area (Å²) in [6.07, 6.45) is 0. The molecular weight excluding hydrogens is 269 g/mol. The standard InChI is InChI=1S/C10H9Cl2NO2S/c11-5-2-1-3-6(12)8(5)7-4-16-9(13-7)10(14)15/h1-3,7,9,13H,4H2,(H,14,15)/t7-,9-/m0/s1. The molecule has 0 unspecified atom stereocenters. The predicted octanol–water partition coefficient (Wildman–Crippen LogP) is 2.78. The minimum atomic E-state index is -0.865. The molecule has 2 N–H and O–H groups in total. The number of halogens is 2. The molecule has 16 heavy (non-hydrogen) atoms. The molecule has 0 radical (unpaired) electrons. The molecule has 1 fully saturated rings. The minimum absolute atomic E-state index is 0.104. The van der Waals surface area contributed by atoms with Crippen molar-refractivity contribution in [3.63, 3.8) is 0 Å². The largest absolute Gasteiger partial charge is 0.479 e. The molecule has 1 aromatic carbocycles. The van der Waals surface area contributed by atoms with Gasteiger partial charge < -0.3 is 5.11 Å². The summed E-state index contributed by atoms with van der Waals surface area (Å²) in [6, 6.07) is 5.17. The van der Waals surface area contributed by atoms with Gasteiger partial charge in [-0.3, -0.25) is 5.32 Å². The number of hydrogen-bond donors (Lipinski definition) is 2. The fourth-order valence-electron chi connectivity index (χ4n) is 1.62. The first-order valence-electron chi connectivity index (χ1n) is 4.64. The lowest BCUT2D eigenvalue weighted by atomic mass is 10.1. The summed E-state index contributed by atoms with van der Waals surface area (Å²) in [5.41, 5.74) is 0.780. The molecule has 1 aliphatic rings. The first-order chi connectivity index (χ1) is 7.59. The smallest absolute Gasteiger partial charge is 0.331 e. The SMILES string of the molecule is O=C(O)[C@H]1N[C@H](c2c(Cl)cccc2Cl)CS1. The molecule has 2 rings (SSSR count). The van der Waals surface area contributed by atoms with E-state index in [1.165, 1.54) is 11.8 Å². The first kappa shape index (κ1) is 12.0. The fraction of sp³-hybridized carbons (Fsp3) is 0.300. The molecule has 6 heteroatoms. The van der Waals surface area contributed by atoms with Gasteiger partial charge in [0.2, 0.25) is 0 Å². The predicted molar refractivity (Wildman–Crippen MR) is 66.2 cm³/mol. The maximum Gasteiger partial charge on any atom is 0.331 e. The molecule has 86 valence electrons. The summed E-state index contributed by atoms with van der Waals surface area (Å²) in [4.78, 5) is 10.8. The Hall–Kier alpha value is -0.420. The quantitative estimate of drug-likeness (QED) is 0.873. The highest BCUT2D eigenvalue weighted by molar-refractivity contribution is 8.00. The Kier molecular flexibility index (Phi) is 3.64. The Morgan fingerprint density at radius 3 is 2.56 bits per heavy atom. The van der Waals surface area contributed by atoms with E-state index >= 15 is 0 Å². The topological polar surface area (TPSA) is 49.3 Å². The van der Waals surface area contributed by atoms with E-state index in [2.05, 4.69) is 5.32 Å². The fourth-order valence-corrected chi connectivity index (χ4v) is 3.34. The highest BCUT2D eigenvalue weighted by Gasteiger charge is 2.32. The number of rotatable bonds is 2. The van der Waals surface area contributed by atoms with E-state index in [1.807, 2.05) is 0 Å². The summed E-state index contributed by atoms with van der Waals surface area (Å²) in [5, 5.41) is 12.4. The lowest BCUT2D eigenvalue weighted by molar-refractivity contribution is -0.137. The number of carboxylic acids is 1. The van der Waals surface area contributed by atoms with Crippen molar-refractivity contribution in [1.29, 1.82) is 0 Å². The summed E-state index contributed by atoms with van der Waals surface area (Å²) in [5.74, 6) is -0.212. The van der Waals surface area contributed by atoms with Gasteiger partial charge in [-0.25, -0.2) is 4.79 Å². The van der Waals surface area contributed by atoms with Crippen molar-refractivity contribution >= 4 is 40.9 Å². The van der Waals surface area contributed by atoms with Crippen LogP contribution in [-0.4, -0.2) is 22.2 Å². The van der Waals surface area contributed by atoms with Gasteiger partial charge in [-0.15, -0.1) is 11.8 Å². The van der Waals surface area contributed by atoms with Crippen LogP contribution in [0.1, 0.15) is 11.6 Å². The molecule has 0 aromatic heterocycles. The highest BCUT2D eigenvalue weighted by atomic mass is 35.5. The zero-order valence-corrected chi connectivity index (χ0v) is 10.4. The third-order valence-corrected chi connectivity index (χ3v) is 4.21. The van der Waals surface area contributed by atoms with Crippen LogP contribution in [0.5, 0.6) is 0 Å². The number of nitrogens with one attached hydrogen (secondary N) is 1. The number of carboxylic acid groups (broad SMARTS) is 1. The van der Waals surface area contributed by atoms with Crippen LogP contribution in [0.25, 0.3) is 0 Å². The number of thioether (sulfide) groups is 1. The number of hydrogen-bond acceptors (Lipinski definition) is 3. The molecule has 1 heterocycles. The van der Waals surface area contributed by atoms with E-state index in [4.69, 9.17) is 28.3 Å². The highest BCUT2D eigenvalue weighted by Crippen LogP contribution is 2.36. The molecular formula is C10H9Cl2NO2S. The van der Waals surface area contributed by atoms with Gasteiger partial charge in [-0.05, 0) is 12.1 Å². The van der Waals surface area contributed by atoms with E-state index in [0.717, 1.165) is 5.56 Å². The normalized spacial score (nSPS) is 24.6. The number of aliphatic carboxylic acids is 1. The van der Waals surface area contributed by atoms with Gasteiger partial charge in [0.1, 0.15) is 0 Å². The van der Waals surface area contributed by atoms with Crippen molar-refractivity contribution in [1.82, 2.24) is 5.32 Å². The van der Waals surface area contributed by atoms with Crippen molar-refractivity contribution in [2.45, 2.75) is 11.4 Å². The third kappa shape index (κ3) is 2.30. The monoisotopic (exact) mass is 277 g/mol. The molecule has 0 bridgehead atoms. The van der Waals surface area contributed by atoms with Crippen LogP contribution in [0.3, 0.4) is 0 Å². The maximum absolute atomic E-state index is 10.8. The van der Waals surface area contributed by atoms with Gasteiger partial charge in [0.25, 0.3) is 0 Å². The second-order valence-corrected chi connectivity index (χ2v) is 5.36. The van der Waals surface area contributed by atoms with Crippen LogP contribution in [0, 0.1) is 0 Å². The summed E-state index contributed by atoms with van der Waals surface area (Å²) in [7, 11) is 0. The second-order valence-electron chi connectivity index (χ2n) is 3.41. The van der Waals surface area contributed by atoms with Gasteiger partial charge in [-0.1, -0.05) is 29.3 Å². The van der Waals surface area contributed by atoms with E-state index in [9.17, 15) is 4.79 Å². The van der Waals surface area contributed by atoms with Crippen LogP contribution in [0.2, 0.25) is 10.0 Å². The Morgan fingerprint density at radius 2 is 2.06 bits per heavy atom. The molecule has 3 nitrogen and oxygen atoms in total. The lowest BCUT2D eigenvalue weighted by Crippen LogP contribution is -2.30. The van der Waals surface area contributed by atoms with Crippen molar-refractivity contribution < 1.29 is 9.90 Å². The van der Waals surface area contributed by atoms with Gasteiger partial charge >= 0.3 is 5.97 Å². The lowest BCUT2D eigenvalue weighted by Gasteiger charge is -2.14. The molecule has 0 aliphatic carbocycles. The maximum atomic E-state index is 10.8. The molecule has 2 atom stereocenters. The van der Waals surface area contributed by atoms with E-state index < -0.39 is 11.3 Å². The first-order valence-corrected chi connectivity index (χ1v) is 6.44. The van der Waals surface area contributed by atoms with Crippen LogP contribution >= 0.6 is 35.0 Å². The second kappa shape index (κ2) is 4.84. The van der Waals surface area contributed by atoms with Crippen molar-refractivity contribution in [3.05, 3.63) is 33.8 Å². The molecule has 0 amide bonds. The van der Waals surface area contributed by atoms with Gasteiger partial charge in [0.15, 0.2) is 5.37 Å². The Labute approximate surface area is 107 Å². The van der Waals surface area contributed by atoms with Gasteiger partial charge in [0, 0.05) is 27.4 Å². The van der Waals surface area contributed by atoms with Crippen molar-refractivity contribution in [2.75, 3.05) is 5.75 Å². The van der Waals surface area contributed by atoms with Gasteiger partial charge in [-0.2, -0.15) is 0 Å². The Bertz CT molecular complexity index is 407. The average molecular weight is 278 g/mol. The summed E-state index contributed by atoms with van der Waals surface area (Å²) in [6.45, 7) is 0. The third-order valence-electron chi connectivity index (χ3n) is 2.35. The molecule has 1 saturated heterocycles. The summed E-state index contributed by atoms with van der Waals surface area (Å²) < 4.78 is 0. The van der Waals surface area contributed by atoms with Crippen LogP contribution in [-0.2, 0) is 4.79 Å². The van der Waals surface area contributed by atoms with Crippen molar-refractivity contribution in [2.24, 2.45) is 0 Å². The Balaban J connectivity index is 2.24. The summed E-state index contributed by atoms with van der Waals surface area (Å²) >= 11 is 13.5. The Morgan fingerprint density at radius 1 is 1.44 bits per heavy atom. The number of carbonyl (C=O) groups is 1. The molecule has 0 saturated carbocycles. The van der Waals surface area contributed by atoms with E-state index in [1.54, 1.807) is 18.2 Å².